The van der Waals surface area contributed by atoms with Gasteiger partial charge >= 0.3 is 0 Å². The first-order valence-corrected chi connectivity index (χ1v) is 5.19. The lowest BCUT2D eigenvalue weighted by atomic mass is 10.2. The zero-order chi connectivity index (χ0) is 12.2. The molecule has 0 heterocycles. The number of carbonyl (C=O) groups is 2. The summed E-state index contributed by atoms with van der Waals surface area (Å²) in [5.41, 5.74) is 7.97. The maximum atomic E-state index is 10.9. The summed E-state index contributed by atoms with van der Waals surface area (Å²) in [4.78, 5) is 23.9. The fraction of sp³-hybridized carbons (Fsp3) is 0.778. The molecule has 0 fully saturated rings. The van der Waals surface area contributed by atoms with Crippen molar-refractivity contribution in [2.75, 3.05) is 19.6 Å². The van der Waals surface area contributed by atoms with Crippen LogP contribution in [0.25, 0.3) is 10.4 Å². The van der Waals surface area contributed by atoms with E-state index >= 15 is 0 Å². The fourth-order valence-electron chi connectivity index (χ4n) is 1.07. The van der Waals surface area contributed by atoms with Gasteiger partial charge in [-0.3, -0.25) is 9.59 Å². The van der Waals surface area contributed by atoms with Gasteiger partial charge in [-0.25, -0.2) is 0 Å². The zero-order valence-electron chi connectivity index (χ0n) is 9.40. The number of rotatable bonds is 8. The second-order valence-corrected chi connectivity index (χ2v) is 3.28. The molecule has 0 rings (SSSR count). The summed E-state index contributed by atoms with van der Waals surface area (Å²) in [6.45, 7) is 2.57. The highest BCUT2D eigenvalue weighted by molar-refractivity contribution is 5.78. The standard InChI is InChI=1S/C9H17N5O2/c1-8(15)11-5-3-2-4-6-12-9(16)7-13-14-10/h2-7H2,1H3,(H,11,15)(H,12,16). The van der Waals surface area contributed by atoms with Crippen LogP contribution >= 0.6 is 0 Å². The van der Waals surface area contributed by atoms with E-state index < -0.39 is 0 Å². The number of hydrogen-bond donors (Lipinski definition) is 2. The first kappa shape index (κ1) is 14.2. The second-order valence-electron chi connectivity index (χ2n) is 3.28. The highest BCUT2D eigenvalue weighted by Gasteiger charge is 1.97. The molecule has 0 bridgehead atoms. The quantitative estimate of drug-likeness (QED) is 0.276. The Hall–Kier alpha value is -1.75. The molecular formula is C9H17N5O2. The van der Waals surface area contributed by atoms with Crippen molar-refractivity contribution in [3.05, 3.63) is 10.4 Å². The lowest BCUT2D eigenvalue weighted by molar-refractivity contribution is -0.120. The van der Waals surface area contributed by atoms with E-state index in [4.69, 9.17) is 5.53 Å². The van der Waals surface area contributed by atoms with E-state index in [2.05, 4.69) is 20.7 Å². The smallest absolute Gasteiger partial charge is 0.225 e. The van der Waals surface area contributed by atoms with Crippen molar-refractivity contribution in [1.29, 1.82) is 0 Å². The van der Waals surface area contributed by atoms with Crippen molar-refractivity contribution < 1.29 is 9.59 Å². The molecule has 0 saturated carbocycles. The van der Waals surface area contributed by atoms with Crippen LogP contribution < -0.4 is 10.6 Å². The molecule has 0 aromatic heterocycles. The highest BCUT2D eigenvalue weighted by atomic mass is 16.2. The Balaban J connectivity index is 3.23. The average Bonchev–Trinajstić information content (AvgIpc) is 2.24. The van der Waals surface area contributed by atoms with E-state index in [0.29, 0.717) is 13.1 Å². The maximum absolute atomic E-state index is 10.9. The van der Waals surface area contributed by atoms with Gasteiger partial charge in [0.15, 0.2) is 0 Å². The molecule has 2 amide bonds. The average molecular weight is 227 g/mol. The van der Waals surface area contributed by atoms with E-state index in [1.165, 1.54) is 6.92 Å². The summed E-state index contributed by atoms with van der Waals surface area (Å²) >= 11 is 0. The van der Waals surface area contributed by atoms with E-state index in [1.54, 1.807) is 0 Å². The largest absolute Gasteiger partial charge is 0.356 e. The van der Waals surface area contributed by atoms with Crippen LogP contribution in [-0.4, -0.2) is 31.4 Å². The van der Waals surface area contributed by atoms with E-state index in [9.17, 15) is 9.59 Å². The van der Waals surface area contributed by atoms with Crippen molar-refractivity contribution in [2.24, 2.45) is 5.11 Å². The highest BCUT2D eigenvalue weighted by Crippen LogP contribution is 1.92. The first-order chi connectivity index (χ1) is 7.66. The van der Waals surface area contributed by atoms with Gasteiger partial charge in [0.1, 0.15) is 6.54 Å². The van der Waals surface area contributed by atoms with Crippen molar-refractivity contribution in [3.63, 3.8) is 0 Å². The Labute approximate surface area is 94.2 Å². The molecule has 7 heteroatoms. The number of amides is 2. The number of nitrogens with one attached hydrogen (secondary N) is 2. The molecule has 0 atom stereocenters. The molecule has 0 aliphatic heterocycles. The number of carbonyl (C=O) groups excluding carboxylic acids is 2. The molecule has 7 nitrogen and oxygen atoms in total. The number of nitrogens with zero attached hydrogens (tertiary/aromatic N) is 3. The summed E-state index contributed by atoms with van der Waals surface area (Å²) in [5, 5.41) is 8.46. The fourth-order valence-corrected chi connectivity index (χ4v) is 1.07. The molecule has 16 heavy (non-hydrogen) atoms. The summed E-state index contributed by atoms with van der Waals surface area (Å²) in [7, 11) is 0. The minimum Gasteiger partial charge on any atom is -0.356 e. The summed E-state index contributed by atoms with van der Waals surface area (Å²) in [6, 6.07) is 0. The molecule has 0 radical (unpaired) electrons. The van der Waals surface area contributed by atoms with Crippen LogP contribution in [0.1, 0.15) is 26.2 Å². The predicted molar refractivity (Wildman–Crippen MR) is 59.6 cm³/mol. The Kier molecular flexibility index (Phi) is 8.72. The van der Waals surface area contributed by atoms with E-state index in [-0.39, 0.29) is 18.4 Å². The predicted octanol–water partition coefficient (Wildman–Crippen LogP) is 0.719. The van der Waals surface area contributed by atoms with Gasteiger partial charge in [-0.2, -0.15) is 0 Å². The molecular weight excluding hydrogens is 210 g/mol. The van der Waals surface area contributed by atoms with Crippen molar-refractivity contribution in [2.45, 2.75) is 26.2 Å². The van der Waals surface area contributed by atoms with Crippen LogP contribution in [0.4, 0.5) is 0 Å². The molecule has 0 unspecified atom stereocenters. The van der Waals surface area contributed by atoms with Gasteiger partial charge in [0.2, 0.25) is 11.8 Å². The Morgan fingerprint density at radius 3 is 2.38 bits per heavy atom. The van der Waals surface area contributed by atoms with Gasteiger partial charge in [0, 0.05) is 24.9 Å². The molecule has 0 aromatic rings. The molecule has 0 saturated heterocycles. The van der Waals surface area contributed by atoms with Gasteiger partial charge in [0.25, 0.3) is 0 Å². The minimum atomic E-state index is -0.264. The van der Waals surface area contributed by atoms with Gasteiger partial charge in [0.05, 0.1) is 0 Å². The van der Waals surface area contributed by atoms with Crippen molar-refractivity contribution in [3.8, 4) is 0 Å². The van der Waals surface area contributed by atoms with E-state index in [0.717, 1.165) is 19.3 Å². The van der Waals surface area contributed by atoms with Crippen LogP contribution in [0.5, 0.6) is 0 Å². The third-order valence-corrected chi connectivity index (χ3v) is 1.83. The van der Waals surface area contributed by atoms with Crippen molar-refractivity contribution >= 4 is 11.8 Å². The van der Waals surface area contributed by atoms with Crippen LogP contribution in [-0.2, 0) is 9.59 Å². The Morgan fingerprint density at radius 1 is 1.19 bits per heavy atom. The van der Waals surface area contributed by atoms with Crippen molar-refractivity contribution in [1.82, 2.24) is 10.6 Å². The minimum absolute atomic E-state index is 0.0253. The van der Waals surface area contributed by atoms with Gasteiger partial charge in [-0.15, -0.1) is 0 Å². The second kappa shape index (κ2) is 9.79. The van der Waals surface area contributed by atoms with Crippen LogP contribution in [0.15, 0.2) is 5.11 Å². The molecule has 0 aliphatic carbocycles. The van der Waals surface area contributed by atoms with Gasteiger partial charge in [-0.1, -0.05) is 5.11 Å². The molecule has 90 valence electrons. The SMILES string of the molecule is CC(=O)NCCCCCNC(=O)CN=[N+]=[N-]. The third-order valence-electron chi connectivity index (χ3n) is 1.83. The maximum Gasteiger partial charge on any atom is 0.225 e. The van der Waals surface area contributed by atoms with Gasteiger partial charge < -0.3 is 10.6 Å². The summed E-state index contributed by atoms with van der Waals surface area (Å²) in [5.74, 6) is -0.290. The van der Waals surface area contributed by atoms with Gasteiger partial charge in [-0.05, 0) is 24.8 Å². The third kappa shape index (κ3) is 10.3. The van der Waals surface area contributed by atoms with E-state index in [1.807, 2.05) is 0 Å². The number of hydrogen-bond acceptors (Lipinski definition) is 3. The topological polar surface area (TPSA) is 107 Å². The monoisotopic (exact) mass is 227 g/mol. The molecule has 0 aliphatic rings. The lowest BCUT2D eigenvalue weighted by Crippen LogP contribution is -2.26. The lowest BCUT2D eigenvalue weighted by Gasteiger charge is -2.03. The molecule has 0 aromatic carbocycles. The zero-order valence-corrected chi connectivity index (χ0v) is 9.40. The molecule has 0 spiro atoms. The van der Waals surface area contributed by atoms with Crippen LogP contribution in [0, 0.1) is 0 Å². The Bertz CT molecular complexity index is 273. The number of unbranched alkanes of at least 4 members (excludes halogenated alkanes) is 2. The van der Waals surface area contributed by atoms with Crippen LogP contribution in [0.3, 0.4) is 0 Å². The first-order valence-electron chi connectivity index (χ1n) is 5.19. The number of azide groups is 1. The van der Waals surface area contributed by atoms with Crippen LogP contribution in [0.2, 0.25) is 0 Å². The summed E-state index contributed by atoms with van der Waals surface area (Å²) in [6.07, 6.45) is 2.68. The molecule has 2 N–H and O–H groups in total. The summed E-state index contributed by atoms with van der Waals surface area (Å²) < 4.78 is 0. The normalized spacial score (nSPS) is 9.06. The Morgan fingerprint density at radius 2 is 1.81 bits per heavy atom.